The van der Waals surface area contributed by atoms with Gasteiger partial charge in [-0.1, -0.05) is 0 Å². The van der Waals surface area contributed by atoms with Gasteiger partial charge in [0.1, 0.15) is 0 Å². The Kier molecular flexibility index (Phi) is 2.54. The summed E-state index contributed by atoms with van der Waals surface area (Å²) in [6.45, 7) is 0. The predicted octanol–water partition coefficient (Wildman–Crippen LogP) is 0.713. The molecule has 1 aliphatic heterocycles. The van der Waals surface area contributed by atoms with Gasteiger partial charge in [-0.05, 0) is 11.5 Å². The number of carboxylic acid groups (broad SMARTS) is 2. The van der Waals surface area contributed by atoms with Crippen LogP contribution in [-0.2, 0) is 9.59 Å². The SMILES string of the molecule is O=C(O)C1=C(C(=O)O)CSC=C1. The van der Waals surface area contributed by atoms with Crippen molar-refractivity contribution in [2.75, 3.05) is 5.75 Å². The number of carbonyl (C=O) groups is 2. The van der Waals surface area contributed by atoms with Crippen LogP contribution in [0.25, 0.3) is 0 Å². The number of hydrogen-bond acceptors (Lipinski definition) is 3. The van der Waals surface area contributed by atoms with Crippen molar-refractivity contribution >= 4 is 23.7 Å². The van der Waals surface area contributed by atoms with E-state index in [9.17, 15) is 9.59 Å². The molecule has 0 fully saturated rings. The summed E-state index contributed by atoms with van der Waals surface area (Å²) in [5, 5.41) is 18.7. The van der Waals surface area contributed by atoms with Crippen molar-refractivity contribution in [2.45, 2.75) is 0 Å². The first-order valence-electron chi connectivity index (χ1n) is 3.11. The summed E-state index contributed by atoms with van der Waals surface area (Å²) in [5.41, 5.74) is -0.170. The lowest BCUT2D eigenvalue weighted by Crippen LogP contribution is -2.13. The first-order chi connectivity index (χ1) is 5.63. The van der Waals surface area contributed by atoms with Crippen LogP contribution in [0.3, 0.4) is 0 Å². The van der Waals surface area contributed by atoms with Crippen molar-refractivity contribution in [1.29, 1.82) is 0 Å². The van der Waals surface area contributed by atoms with E-state index >= 15 is 0 Å². The highest BCUT2D eigenvalue weighted by molar-refractivity contribution is 8.02. The Morgan fingerprint density at radius 1 is 1.33 bits per heavy atom. The van der Waals surface area contributed by atoms with Crippen molar-refractivity contribution in [1.82, 2.24) is 0 Å². The molecule has 0 radical (unpaired) electrons. The quantitative estimate of drug-likeness (QED) is 0.664. The summed E-state index contributed by atoms with van der Waals surface area (Å²) in [4.78, 5) is 21.0. The minimum absolute atomic E-state index is 0.0463. The minimum Gasteiger partial charge on any atom is -0.478 e. The molecule has 0 atom stereocenters. The Hall–Kier alpha value is -1.23. The van der Waals surface area contributed by atoms with E-state index in [2.05, 4.69) is 0 Å². The maximum atomic E-state index is 10.5. The molecule has 0 aromatic carbocycles. The zero-order valence-electron chi connectivity index (χ0n) is 5.98. The van der Waals surface area contributed by atoms with Gasteiger partial charge in [0.2, 0.25) is 0 Å². The molecule has 0 spiro atoms. The molecular weight excluding hydrogens is 180 g/mol. The van der Waals surface area contributed by atoms with Crippen molar-refractivity contribution in [3.63, 3.8) is 0 Å². The Morgan fingerprint density at radius 2 is 2.00 bits per heavy atom. The van der Waals surface area contributed by atoms with Crippen LogP contribution in [0.15, 0.2) is 22.6 Å². The molecule has 4 nitrogen and oxygen atoms in total. The highest BCUT2D eigenvalue weighted by Crippen LogP contribution is 2.21. The fraction of sp³-hybridized carbons (Fsp3) is 0.143. The molecule has 0 aromatic rings. The number of aliphatic carboxylic acids is 2. The van der Waals surface area contributed by atoms with E-state index in [1.807, 2.05) is 0 Å². The lowest BCUT2D eigenvalue weighted by Gasteiger charge is -2.07. The summed E-state index contributed by atoms with van der Waals surface area (Å²) in [6, 6.07) is 0. The normalized spacial score (nSPS) is 16.3. The molecule has 0 bridgehead atoms. The smallest absolute Gasteiger partial charge is 0.336 e. The van der Waals surface area contributed by atoms with Crippen LogP contribution >= 0.6 is 11.8 Å². The summed E-state index contributed by atoms with van der Waals surface area (Å²) in [5.74, 6) is -2.14. The number of carboxylic acids is 2. The van der Waals surface area contributed by atoms with Gasteiger partial charge in [0, 0.05) is 5.75 Å². The molecule has 0 aliphatic carbocycles. The van der Waals surface area contributed by atoms with Crippen molar-refractivity contribution in [3.8, 4) is 0 Å². The molecule has 2 N–H and O–H groups in total. The van der Waals surface area contributed by atoms with Gasteiger partial charge in [-0.15, -0.1) is 11.8 Å². The van der Waals surface area contributed by atoms with Crippen LogP contribution < -0.4 is 0 Å². The van der Waals surface area contributed by atoms with Crippen LogP contribution in [0, 0.1) is 0 Å². The van der Waals surface area contributed by atoms with Gasteiger partial charge in [-0.25, -0.2) is 9.59 Å². The molecule has 1 rings (SSSR count). The van der Waals surface area contributed by atoms with Crippen molar-refractivity contribution in [3.05, 3.63) is 22.6 Å². The highest BCUT2D eigenvalue weighted by Gasteiger charge is 2.19. The number of hydrogen-bond donors (Lipinski definition) is 2. The van der Waals surface area contributed by atoms with E-state index in [4.69, 9.17) is 10.2 Å². The van der Waals surface area contributed by atoms with Gasteiger partial charge in [-0.3, -0.25) is 0 Å². The molecule has 5 heteroatoms. The first-order valence-corrected chi connectivity index (χ1v) is 4.15. The molecule has 64 valence electrons. The molecule has 0 aromatic heterocycles. The second-order valence-electron chi connectivity index (χ2n) is 2.12. The summed E-state index contributed by atoms with van der Waals surface area (Å²) in [7, 11) is 0. The highest BCUT2D eigenvalue weighted by atomic mass is 32.2. The van der Waals surface area contributed by atoms with Crippen LogP contribution in [0.1, 0.15) is 0 Å². The molecule has 1 heterocycles. The number of rotatable bonds is 2. The fourth-order valence-electron chi connectivity index (χ4n) is 0.803. The fourth-order valence-corrected chi connectivity index (χ4v) is 1.58. The Bertz CT molecular complexity index is 290. The summed E-state index contributed by atoms with van der Waals surface area (Å²) < 4.78 is 0. The zero-order valence-corrected chi connectivity index (χ0v) is 6.80. The van der Waals surface area contributed by atoms with Crippen LogP contribution in [0.2, 0.25) is 0 Å². The predicted molar refractivity (Wildman–Crippen MR) is 43.9 cm³/mol. The van der Waals surface area contributed by atoms with E-state index in [1.54, 1.807) is 5.41 Å². The molecule has 0 saturated heterocycles. The van der Waals surface area contributed by atoms with Crippen molar-refractivity contribution < 1.29 is 19.8 Å². The van der Waals surface area contributed by atoms with Gasteiger partial charge < -0.3 is 10.2 Å². The monoisotopic (exact) mass is 186 g/mol. The van der Waals surface area contributed by atoms with Gasteiger partial charge in [0.25, 0.3) is 0 Å². The zero-order chi connectivity index (χ0) is 9.14. The topological polar surface area (TPSA) is 74.6 Å². The molecule has 0 unspecified atom stereocenters. The van der Waals surface area contributed by atoms with Crippen molar-refractivity contribution in [2.24, 2.45) is 0 Å². The molecule has 0 amide bonds. The summed E-state index contributed by atoms with van der Waals surface area (Å²) >= 11 is 1.27. The van der Waals surface area contributed by atoms with Gasteiger partial charge in [0.15, 0.2) is 0 Å². The third-order valence-corrected chi connectivity index (χ3v) is 2.16. The standard InChI is InChI=1S/C7H6O4S/c8-6(9)4-1-2-12-3-5(4)7(10)11/h1-2H,3H2,(H,8,9)(H,10,11). The van der Waals surface area contributed by atoms with Gasteiger partial charge in [-0.2, -0.15) is 0 Å². The van der Waals surface area contributed by atoms with E-state index in [1.165, 1.54) is 17.8 Å². The average molecular weight is 186 g/mol. The first kappa shape index (κ1) is 8.86. The van der Waals surface area contributed by atoms with Gasteiger partial charge in [0.05, 0.1) is 11.1 Å². The second kappa shape index (κ2) is 3.44. The molecule has 12 heavy (non-hydrogen) atoms. The molecule has 1 aliphatic rings. The van der Waals surface area contributed by atoms with Crippen LogP contribution in [0.4, 0.5) is 0 Å². The summed E-state index contributed by atoms with van der Waals surface area (Å²) in [6.07, 6.45) is 1.31. The Labute approximate surface area is 72.6 Å². The minimum atomic E-state index is -1.19. The molecular formula is C7H6O4S. The maximum absolute atomic E-state index is 10.5. The third kappa shape index (κ3) is 1.68. The van der Waals surface area contributed by atoms with E-state index in [0.717, 1.165) is 0 Å². The third-order valence-electron chi connectivity index (χ3n) is 1.37. The Balaban J connectivity index is 3.08. The van der Waals surface area contributed by atoms with Gasteiger partial charge >= 0.3 is 11.9 Å². The average Bonchev–Trinajstić information content (AvgIpc) is 2.04. The lowest BCUT2D eigenvalue weighted by atomic mass is 10.1. The molecule has 0 saturated carbocycles. The number of thioether (sulfide) groups is 1. The van der Waals surface area contributed by atoms with E-state index in [-0.39, 0.29) is 16.9 Å². The largest absolute Gasteiger partial charge is 0.478 e. The van der Waals surface area contributed by atoms with Crippen LogP contribution in [-0.4, -0.2) is 27.9 Å². The van der Waals surface area contributed by atoms with E-state index < -0.39 is 11.9 Å². The van der Waals surface area contributed by atoms with E-state index in [0.29, 0.717) is 0 Å². The maximum Gasteiger partial charge on any atom is 0.336 e. The Morgan fingerprint density at radius 3 is 2.42 bits per heavy atom. The van der Waals surface area contributed by atoms with Crippen LogP contribution in [0.5, 0.6) is 0 Å². The lowest BCUT2D eigenvalue weighted by molar-refractivity contribution is -0.135. The second-order valence-corrected chi connectivity index (χ2v) is 3.01.